The lowest BCUT2D eigenvalue weighted by molar-refractivity contribution is -0.529. The highest BCUT2D eigenvalue weighted by Crippen LogP contribution is 2.32. The fourth-order valence-corrected chi connectivity index (χ4v) is 2.22. The lowest BCUT2D eigenvalue weighted by atomic mass is 9.92. The van der Waals surface area contributed by atoms with Crippen LogP contribution in [0.15, 0.2) is 24.3 Å². The fourth-order valence-electron chi connectivity index (χ4n) is 2.22. The number of rotatable bonds is 3. The van der Waals surface area contributed by atoms with Crippen molar-refractivity contribution in [2.45, 2.75) is 24.9 Å². The summed E-state index contributed by atoms with van der Waals surface area (Å²) >= 11 is 0. The molecule has 1 heterocycles. The van der Waals surface area contributed by atoms with E-state index in [1.54, 1.807) is 24.3 Å². The van der Waals surface area contributed by atoms with E-state index in [1.807, 2.05) is 0 Å². The summed E-state index contributed by atoms with van der Waals surface area (Å²) in [6, 6.07) is 5.60. The van der Waals surface area contributed by atoms with Crippen LogP contribution in [0.3, 0.4) is 0 Å². The topological polar surface area (TPSA) is 81.5 Å². The second kappa shape index (κ2) is 5.03. The highest BCUT2D eigenvalue weighted by Gasteiger charge is 2.39. The molecule has 0 radical (unpaired) electrons. The number of hydrogen-bond donors (Lipinski definition) is 1. The normalized spacial score (nSPS) is 23.3. The molecule has 1 amide bonds. The summed E-state index contributed by atoms with van der Waals surface area (Å²) in [6.07, 6.45) is 0.443. The molecule has 1 N–H and O–H groups in total. The van der Waals surface area contributed by atoms with Crippen LogP contribution in [0.25, 0.3) is 0 Å². The molecule has 6 nitrogen and oxygen atoms in total. The summed E-state index contributed by atoms with van der Waals surface area (Å²) in [5.41, 5.74) is 0.648. The monoisotopic (exact) mass is 250 g/mol. The molecule has 96 valence electrons. The van der Waals surface area contributed by atoms with E-state index in [2.05, 4.69) is 5.32 Å². The number of para-hydroxylation sites is 1. The summed E-state index contributed by atoms with van der Waals surface area (Å²) in [4.78, 5) is 22.2. The maximum Gasteiger partial charge on any atom is 0.237 e. The van der Waals surface area contributed by atoms with Gasteiger partial charge in [0.15, 0.2) is 0 Å². The molecule has 1 aromatic carbocycles. The maximum atomic E-state index is 11.4. The number of nitrogens with zero attached hydrogens (tertiary/aromatic N) is 1. The highest BCUT2D eigenvalue weighted by molar-refractivity contribution is 5.77. The van der Waals surface area contributed by atoms with Gasteiger partial charge in [-0.25, -0.2) is 0 Å². The molecule has 0 aliphatic carbocycles. The molecule has 1 saturated heterocycles. The summed E-state index contributed by atoms with van der Waals surface area (Å²) < 4.78 is 5.19. The first-order valence-electron chi connectivity index (χ1n) is 5.69. The molecule has 1 aromatic rings. The van der Waals surface area contributed by atoms with Gasteiger partial charge in [-0.05, 0) is 6.07 Å². The zero-order valence-corrected chi connectivity index (χ0v) is 9.96. The first-order valence-corrected chi connectivity index (χ1v) is 5.69. The van der Waals surface area contributed by atoms with Crippen molar-refractivity contribution in [3.63, 3.8) is 0 Å². The van der Waals surface area contributed by atoms with Crippen molar-refractivity contribution in [2.75, 3.05) is 7.11 Å². The average molecular weight is 250 g/mol. The third-order valence-corrected chi connectivity index (χ3v) is 3.11. The van der Waals surface area contributed by atoms with Crippen molar-refractivity contribution in [3.8, 4) is 5.75 Å². The van der Waals surface area contributed by atoms with Gasteiger partial charge < -0.3 is 10.1 Å². The molecule has 1 aliphatic rings. The van der Waals surface area contributed by atoms with E-state index in [-0.39, 0.29) is 23.7 Å². The minimum absolute atomic E-state index is 0.163. The Bertz CT molecular complexity index is 475. The Morgan fingerprint density at radius 1 is 1.44 bits per heavy atom. The number of hydrogen-bond acceptors (Lipinski definition) is 4. The van der Waals surface area contributed by atoms with Crippen LogP contribution in [0.4, 0.5) is 0 Å². The SMILES string of the molecule is COc1ccccc1[C@H]1NC(=O)CC[C@H]1[N+](=O)[O-]. The zero-order valence-electron chi connectivity index (χ0n) is 9.96. The quantitative estimate of drug-likeness (QED) is 0.647. The van der Waals surface area contributed by atoms with Crippen molar-refractivity contribution in [3.05, 3.63) is 39.9 Å². The van der Waals surface area contributed by atoms with Gasteiger partial charge in [0, 0.05) is 23.3 Å². The molecule has 1 fully saturated rings. The van der Waals surface area contributed by atoms with Crippen molar-refractivity contribution in [2.24, 2.45) is 0 Å². The molecule has 0 aromatic heterocycles. The number of methoxy groups -OCH3 is 1. The third-order valence-electron chi connectivity index (χ3n) is 3.11. The third kappa shape index (κ3) is 2.27. The average Bonchev–Trinajstić information content (AvgIpc) is 2.38. The van der Waals surface area contributed by atoms with Gasteiger partial charge >= 0.3 is 0 Å². The van der Waals surface area contributed by atoms with Gasteiger partial charge in [0.05, 0.1) is 7.11 Å². The highest BCUT2D eigenvalue weighted by atomic mass is 16.6. The summed E-state index contributed by atoms with van der Waals surface area (Å²) in [6.45, 7) is 0. The van der Waals surface area contributed by atoms with Gasteiger partial charge in [0.25, 0.3) is 0 Å². The fraction of sp³-hybridized carbons (Fsp3) is 0.417. The molecule has 1 aliphatic heterocycles. The Kier molecular flexibility index (Phi) is 3.45. The summed E-state index contributed by atoms with van der Waals surface area (Å²) in [5.74, 6) is 0.389. The van der Waals surface area contributed by atoms with Gasteiger partial charge in [0.2, 0.25) is 11.9 Å². The van der Waals surface area contributed by atoms with Crippen LogP contribution < -0.4 is 10.1 Å². The van der Waals surface area contributed by atoms with Crippen LogP contribution in [-0.2, 0) is 4.79 Å². The Labute approximate surface area is 104 Å². The van der Waals surface area contributed by atoms with Gasteiger partial charge in [-0.3, -0.25) is 14.9 Å². The van der Waals surface area contributed by atoms with E-state index in [4.69, 9.17) is 4.74 Å². The molecular weight excluding hydrogens is 236 g/mol. The smallest absolute Gasteiger partial charge is 0.237 e. The standard InChI is InChI=1S/C12H14N2O4/c1-18-10-5-3-2-4-8(10)12-9(14(16)17)6-7-11(15)13-12/h2-5,9,12H,6-7H2,1H3,(H,13,15)/t9-,12-/m1/s1. The predicted octanol–water partition coefficient (Wildman–Crippen LogP) is 1.29. The molecule has 0 spiro atoms. The number of nitrogens with one attached hydrogen (secondary N) is 1. The van der Waals surface area contributed by atoms with Gasteiger partial charge in [-0.1, -0.05) is 18.2 Å². The van der Waals surface area contributed by atoms with Crippen molar-refractivity contribution in [1.29, 1.82) is 0 Å². The maximum absolute atomic E-state index is 11.4. The van der Waals surface area contributed by atoms with Crippen molar-refractivity contribution < 1.29 is 14.5 Å². The van der Waals surface area contributed by atoms with Crippen LogP contribution in [0.2, 0.25) is 0 Å². The molecule has 2 rings (SSSR count). The van der Waals surface area contributed by atoms with Gasteiger partial charge in [0.1, 0.15) is 11.8 Å². The number of carbonyl (C=O) groups excluding carboxylic acids is 1. The van der Waals surface area contributed by atoms with Crippen LogP contribution in [0, 0.1) is 10.1 Å². The minimum atomic E-state index is -0.806. The minimum Gasteiger partial charge on any atom is -0.496 e. The Morgan fingerprint density at radius 2 is 2.17 bits per heavy atom. The zero-order chi connectivity index (χ0) is 13.1. The largest absolute Gasteiger partial charge is 0.496 e. The van der Waals surface area contributed by atoms with Crippen LogP contribution in [-0.4, -0.2) is 24.0 Å². The lowest BCUT2D eigenvalue weighted by Gasteiger charge is -2.27. The molecule has 0 saturated carbocycles. The van der Waals surface area contributed by atoms with E-state index >= 15 is 0 Å². The Morgan fingerprint density at radius 3 is 2.83 bits per heavy atom. The summed E-state index contributed by atoms with van der Waals surface area (Å²) in [7, 11) is 1.50. The molecule has 18 heavy (non-hydrogen) atoms. The van der Waals surface area contributed by atoms with E-state index < -0.39 is 12.1 Å². The molecule has 0 unspecified atom stereocenters. The molecule has 6 heteroatoms. The second-order valence-electron chi connectivity index (χ2n) is 4.18. The molecule has 2 atom stereocenters. The van der Waals surface area contributed by atoms with Crippen LogP contribution in [0.1, 0.15) is 24.4 Å². The number of benzene rings is 1. The predicted molar refractivity (Wildman–Crippen MR) is 63.9 cm³/mol. The molecule has 0 bridgehead atoms. The van der Waals surface area contributed by atoms with Crippen molar-refractivity contribution >= 4 is 5.91 Å². The van der Waals surface area contributed by atoms with E-state index in [0.717, 1.165) is 0 Å². The van der Waals surface area contributed by atoms with E-state index in [9.17, 15) is 14.9 Å². The number of nitro groups is 1. The number of ether oxygens (including phenoxy) is 1. The lowest BCUT2D eigenvalue weighted by Crippen LogP contribution is -2.45. The Hall–Kier alpha value is -2.11. The van der Waals surface area contributed by atoms with Gasteiger partial charge in [-0.15, -0.1) is 0 Å². The number of amides is 1. The molecular formula is C12H14N2O4. The second-order valence-corrected chi connectivity index (χ2v) is 4.18. The first kappa shape index (κ1) is 12.3. The Balaban J connectivity index is 2.37. The van der Waals surface area contributed by atoms with E-state index in [0.29, 0.717) is 11.3 Å². The van der Waals surface area contributed by atoms with Crippen LogP contribution >= 0.6 is 0 Å². The van der Waals surface area contributed by atoms with Gasteiger partial charge in [-0.2, -0.15) is 0 Å². The first-order chi connectivity index (χ1) is 8.63. The van der Waals surface area contributed by atoms with Crippen molar-refractivity contribution in [1.82, 2.24) is 5.32 Å². The van der Waals surface area contributed by atoms with Crippen LogP contribution in [0.5, 0.6) is 5.75 Å². The number of carbonyl (C=O) groups is 1. The number of piperidine rings is 1. The summed E-state index contributed by atoms with van der Waals surface area (Å²) in [5, 5.41) is 13.7. The van der Waals surface area contributed by atoms with E-state index in [1.165, 1.54) is 7.11 Å².